The highest BCUT2D eigenvalue weighted by molar-refractivity contribution is 5.66. The highest BCUT2D eigenvalue weighted by Gasteiger charge is 2.10. The van der Waals surface area contributed by atoms with Crippen molar-refractivity contribution in [2.24, 2.45) is 11.5 Å². The van der Waals surface area contributed by atoms with Crippen LogP contribution in [0.4, 0.5) is 14.4 Å². The van der Waals surface area contributed by atoms with E-state index in [0.717, 1.165) is 0 Å². The lowest BCUT2D eigenvalue weighted by Gasteiger charge is -2.21. The molecular formula is C11H22N4O6. The first-order chi connectivity index (χ1) is 9.82. The van der Waals surface area contributed by atoms with Gasteiger partial charge in [0.15, 0.2) is 0 Å². The highest BCUT2D eigenvalue weighted by Crippen LogP contribution is 1.93. The molecule has 0 aliphatic rings. The molecule has 0 aromatic heterocycles. The Hall–Kier alpha value is -2.23. The van der Waals surface area contributed by atoms with Gasteiger partial charge in [-0.2, -0.15) is 0 Å². The minimum Gasteiger partial charge on any atom is -0.448 e. The van der Waals surface area contributed by atoms with Crippen LogP contribution in [0.2, 0.25) is 0 Å². The van der Waals surface area contributed by atoms with Gasteiger partial charge in [0.05, 0.1) is 0 Å². The lowest BCUT2D eigenvalue weighted by Crippen LogP contribution is -2.36. The van der Waals surface area contributed by atoms with Crippen LogP contribution in [-0.2, 0) is 14.2 Å². The molecule has 21 heavy (non-hydrogen) atoms. The number of ether oxygens (including phenoxy) is 3. The lowest BCUT2D eigenvalue weighted by molar-refractivity contribution is 0.0846. The maximum Gasteiger partial charge on any atom is 0.409 e. The van der Waals surface area contributed by atoms with E-state index in [4.69, 9.17) is 16.2 Å². The fourth-order valence-electron chi connectivity index (χ4n) is 1.28. The average Bonchev–Trinajstić information content (AvgIpc) is 2.36. The van der Waals surface area contributed by atoms with Gasteiger partial charge in [-0.15, -0.1) is 0 Å². The zero-order chi connectivity index (χ0) is 16.3. The molecule has 0 heterocycles. The number of hydrogen-bond acceptors (Lipinski definition) is 7. The molecule has 0 radical (unpaired) electrons. The normalized spacial score (nSPS) is 10.0. The topological polar surface area (TPSA) is 137 Å². The predicted molar refractivity (Wildman–Crippen MR) is 72.5 cm³/mol. The van der Waals surface area contributed by atoms with Crippen molar-refractivity contribution < 1.29 is 28.6 Å². The van der Waals surface area contributed by atoms with Crippen LogP contribution in [-0.4, -0.2) is 81.6 Å². The molecule has 10 heteroatoms. The summed E-state index contributed by atoms with van der Waals surface area (Å²) < 4.78 is 14.2. The first-order valence-electron chi connectivity index (χ1n) is 6.23. The monoisotopic (exact) mass is 306 g/mol. The molecule has 0 bridgehead atoms. The van der Waals surface area contributed by atoms with Crippen molar-refractivity contribution in [1.82, 2.24) is 9.80 Å². The molecule has 10 nitrogen and oxygen atoms in total. The summed E-state index contributed by atoms with van der Waals surface area (Å²) in [5, 5.41) is 0. The van der Waals surface area contributed by atoms with Crippen LogP contribution in [0.25, 0.3) is 0 Å². The first-order valence-corrected chi connectivity index (χ1v) is 6.23. The van der Waals surface area contributed by atoms with Crippen molar-refractivity contribution in [1.29, 1.82) is 0 Å². The Balaban J connectivity index is 4.07. The Bertz CT molecular complexity index is 330. The van der Waals surface area contributed by atoms with E-state index in [-0.39, 0.29) is 19.8 Å². The Morgan fingerprint density at radius 1 is 0.810 bits per heavy atom. The first kappa shape index (κ1) is 18.8. The molecule has 0 aromatic carbocycles. The van der Waals surface area contributed by atoms with Crippen molar-refractivity contribution in [3.8, 4) is 0 Å². The van der Waals surface area contributed by atoms with Crippen LogP contribution in [0.3, 0.4) is 0 Å². The fraction of sp³-hybridized carbons (Fsp3) is 0.727. The third-order valence-corrected chi connectivity index (χ3v) is 2.30. The van der Waals surface area contributed by atoms with E-state index in [0.29, 0.717) is 19.6 Å². The lowest BCUT2D eigenvalue weighted by atomic mass is 10.4. The molecule has 4 N–H and O–H groups in total. The summed E-state index contributed by atoms with van der Waals surface area (Å²) in [5.74, 6) is 0. The van der Waals surface area contributed by atoms with Crippen LogP contribution in [0, 0.1) is 0 Å². The third kappa shape index (κ3) is 11.3. The van der Waals surface area contributed by atoms with E-state index < -0.39 is 18.3 Å². The Kier molecular flexibility index (Phi) is 9.43. The van der Waals surface area contributed by atoms with E-state index in [1.54, 1.807) is 19.0 Å². The van der Waals surface area contributed by atoms with Crippen LogP contribution in [0.5, 0.6) is 0 Å². The zero-order valence-electron chi connectivity index (χ0n) is 12.2. The molecule has 0 aromatic rings. The number of nitrogens with zero attached hydrogens (tertiary/aromatic N) is 2. The van der Waals surface area contributed by atoms with Gasteiger partial charge in [-0.1, -0.05) is 0 Å². The number of hydrogen-bond donors (Lipinski definition) is 2. The molecule has 0 aliphatic carbocycles. The summed E-state index contributed by atoms with van der Waals surface area (Å²) in [6.07, 6.45) is -2.21. The Labute approximate surface area is 122 Å². The maximum absolute atomic E-state index is 11.2. The smallest absolute Gasteiger partial charge is 0.409 e. The molecule has 0 atom stereocenters. The summed E-state index contributed by atoms with van der Waals surface area (Å²) in [4.78, 5) is 35.3. The van der Waals surface area contributed by atoms with Gasteiger partial charge in [0.25, 0.3) is 0 Å². The number of carbonyl (C=O) groups excluding carboxylic acids is 3. The van der Waals surface area contributed by atoms with Gasteiger partial charge >= 0.3 is 18.3 Å². The molecule has 3 amide bonds. The molecule has 122 valence electrons. The van der Waals surface area contributed by atoms with Crippen molar-refractivity contribution in [2.45, 2.75) is 0 Å². The molecular weight excluding hydrogens is 284 g/mol. The Morgan fingerprint density at radius 2 is 1.19 bits per heavy atom. The molecule has 0 saturated heterocycles. The van der Waals surface area contributed by atoms with Crippen molar-refractivity contribution >= 4 is 18.3 Å². The predicted octanol–water partition coefficient (Wildman–Crippen LogP) is -0.823. The van der Waals surface area contributed by atoms with Crippen molar-refractivity contribution in [2.75, 3.05) is 53.6 Å². The van der Waals surface area contributed by atoms with Gasteiger partial charge in [-0.3, -0.25) is 4.90 Å². The summed E-state index contributed by atoms with van der Waals surface area (Å²) in [6, 6.07) is 0. The minimum atomic E-state index is -0.873. The maximum atomic E-state index is 11.2. The number of rotatable bonds is 9. The largest absolute Gasteiger partial charge is 0.448 e. The van der Waals surface area contributed by atoms with E-state index in [9.17, 15) is 14.4 Å². The second-order valence-electron chi connectivity index (χ2n) is 4.19. The van der Waals surface area contributed by atoms with E-state index in [1.807, 2.05) is 0 Å². The quantitative estimate of drug-likeness (QED) is 0.530. The van der Waals surface area contributed by atoms with Crippen LogP contribution >= 0.6 is 0 Å². The summed E-state index contributed by atoms with van der Waals surface area (Å²) in [5.41, 5.74) is 9.70. The molecule has 0 spiro atoms. The van der Waals surface area contributed by atoms with E-state index in [1.165, 1.54) is 4.90 Å². The minimum absolute atomic E-state index is 0.0769. The van der Waals surface area contributed by atoms with Gasteiger partial charge < -0.3 is 30.6 Å². The van der Waals surface area contributed by atoms with E-state index >= 15 is 0 Å². The van der Waals surface area contributed by atoms with Crippen molar-refractivity contribution in [3.05, 3.63) is 0 Å². The second-order valence-corrected chi connectivity index (χ2v) is 4.19. The van der Waals surface area contributed by atoms with Gasteiger partial charge in [-0.25, -0.2) is 14.4 Å². The number of amides is 3. The molecule has 0 rings (SSSR count). The standard InChI is InChI=1S/C11H22N4O6/c1-14(2)11(18)21-8-5-15(3-6-19-9(12)16)4-7-20-10(13)17/h3-8H2,1-2H3,(H2,12,16)(H2,13,17). The summed E-state index contributed by atoms with van der Waals surface area (Å²) in [6.45, 7) is 1.38. The molecule has 0 saturated carbocycles. The second kappa shape index (κ2) is 10.5. The zero-order valence-corrected chi connectivity index (χ0v) is 12.2. The highest BCUT2D eigenvalue weighted by atomic mass is 16.6. The Morgan fingerprint density at radius 3 is 1.52 bits per heavy atom. The average molecular weight is 306 g/mol. The fourth-order valence-corrected chi connectivity index (χ4v) is 1.28. The number of nitrogens with two attached hydrogens (primary N) is 2. The molecule has 0 fully saturated rings. The van der Waals surface area contributed by atoms with Crippen LogP contribution in [0.1, 0.15) is 0 Å². The van der Waals surface area contributed by atoms with Gasteiger partial charge in [0, 0.05) is 33.7 Å². The van der Waals surface area contributed by atoms with Gasteiger partial charge in [0.2, 0.25) is 0 Å². The summed E-state index contributed by atoms with van der Waals surface area (Å²) >= 11 is 0. The number of carbonyl (C=O) groups is 3. The number of primary amides is 2. The van der Waals surface area contributed by atoms with Crippen molar-refractivity contribution in [3.63, 3.8) is 0 Å². The summed E-state index contributed by atoms with van der Waals surface area (Å²) in [7, 11) is 3.14. The van der Waals surface area contributed by atoms with Crippen LogP contribution < -0.4 is 11.5 Å². The van der Waals surface area contributed by atoms with Gasteiger partial charge in [0.1, 0.15) is 19.8 Å². The third-order valence-electron chi connectivity index (χ3n) is 2.30. The van der Waals surface area contributed by atoms with Gasteiger partial charge in [-0.05, 0) is 0 Å². The van der Waals surface area contributed by atoms with E-state index in [2.05, 4.69) is 9.47 Å². The molecule has 0 unspecified atom stereocenters. The SMILES string of the molecule is CN(C)C(=O)OCCN(CCOC(N)=O)CCOC(N)=O. The molecule has 0 aliphatic heterocycles. The van der Waals surface area contributed by atoms with Crippen LogP contribution in [0.15, 0.2) is 0 Å².